The molecule has 0 N–H and O–H groups in total. The minimum atomic E-state index is -0.374. The Kier molecular flexibility index (Phi) is 3.42. The molecule has 1 aromatic heterocycles. The van der Waals surface area contributed by atoms with Crippen LogP contribution >= 0.6 is 15.9 Å². The van der Waals surface area contributed by atoms with Gasteiger partial charge >= 0.3 is 5.97 Å². The Morgan fingerprint density at radius 2 is 2.31 bits per heavy atom. The summed E-state index contributed by atoms with van der Waals surface area (Å²) in [7, 11) is 0. The summed E-state index contributed by atoms with van der Waals surface area (Å²) in [4.78, 5) is 15.3. The number of carbonyl (C=O) groups is 1. The fourth-order valence-corrected chi connectivity index (χ4v) is 1.22. The highest BCUT2D eigenvalue weighted by Crippen LogP contribution is 2.12. The highest BCUT2D eigenvalue weighted by atomic mass is 79.9. The van der Waals surface area contributed by atoms with E-state index in [0.717, 1.165) is 5.56 Å². The predicted octanol–water partition coefficient (Wildman–Crippen LogP) is 2.33. The molecule has 0 amide bonds. The van der Waals surface area contributed by atoms with E-state index in [-0.39, 0.29) is 5.97 Å². The van der Waals surface area contributed by atoms with Gasteiger partial charge in [0.05, 0.1) is 6.61 Å². The molecule has 0 saturated carbocycles. The molecule has 70 valence electrons. The van der Waals surface area contributed by atoms with Gasteiger partial charge in [-0.1, -0.05) is 6.07 Å². The maximum atomic E-state index is 11.3. The van der Waals surface area contributed by atoms with Crippen LogP contribution in [-0.2, 0) is 4.74 Å². The number of ether oxygens (including phenoxy) is 1. The molecule has 0 saturated heterocycles. The zero-order valence-corrected chi connectivity index (χ0v) is 9.09. The van der Waals surface area contributed by atoms with E-state index in [4.69, 9.17) is 4.74 Å². The smallest absolute Gasteiger partial charge is 0.357 e. The summed E-state index contributed by atoms with van der Waals surface area (Å²) < 4.78 is 5.48. The number of pyridine rings is 1. The highest BCUT2D eigenvalue weighted by molar-refractivity contribution is 9.10. The molecule has 1 rings (SSSR count). The van der Waals surface area contributed by atoms with E-state index >= 15 is 0 Å². The number of hydrogen-bond acceptors (Lipinski definition) is 3. The van der Waals surface area contributed by atoms with Crippen molar-refractivity contribution in [1.29, 1.82) is 0 Å². The Labute approximate surface area is 85.3 Å². The second kappa shape index (κ2) is 4.37. The molecule has 4 heteroatoms. The van der Waals surface area contributed by atoms with E-state index in [1.807, 2.05) is 13.0 Å². The van der Waals surface area contributed by atoms with Crippen LogP contribution in [0.4, 0.5) is 0 Å². The van der Waals surface area contributed by atoms with Gasteiger partial charge in [0.25, 0.3) is 0 Å². The van der Waals surface area contributed by atoms with Gasteiger partial charge in [0.15, 0.2) is 5.69 Å². The van der Waals surface area contributed by atoms with Gasteiger partial charge in [-0.3, -0.25) is 0 Å². The average molecular weight is 244 g/mol. The molecule has 0 atom stereocenters. The van der Waals surface area contributed by atoms with Crippen LogP contribution < -0.4 is 0 Å². The van der Waals surface area contributed by atoms with Crippen LogP contribution in [-0.4, -0.2) is 17.6 Å². The summed E-state index contributed by atoms with van der Waals surface area (Å²) in [5.41, 5.74) is 1.19. The fraction of sp³-hybridized carbons (Fsp3) is 0.333. The third kappa shape index (κ3) is 2.52. The summed E-state index contributed by atoms with van der Waals surface area (Å²) in [5, 5.41) is 0. The molecule has 13 heavy (non-hydrogen) atoms. The molecular formula is C9H10BrNO2. The van der Waals surface area contributed by atoms with Crippen molar-refractivity contribution in [1.82, 2.24) is 4.98 Å². The van der Waals surface area contributed by atoms with Gasteiger partial charge in [0, 0.05) is 0 Å². The molecule has 0 aliphatic heterocycles. The molecule has 0 spiro atoms. The average Bonchev–Trinajstić information content (AvgIpc) is 2.09. The number of esters is 1. The van der Waals surface area contributed by atoms with Crippen LogP contribution in [0, 0.1) is 6.92 Å². The second-order valence-electron chi connectivity index (χ2n) is 2.52. The zero-order chi connectivity index (χ0) is 9.84. The first-order chi connectivity index (χ1) is 6.15. The molecular weight excluding hydrogens is 234 g/mol. The van der Waals surface area contributed by atoms with Crippen molar-refractivity contribution in [3.8, 4) is 0 Å². The minimum Gasteiger partial charge on any atom is -0.461 e. The van der Waals surface area contributed by atoms with Crippen molar-refractivity contribution >= 4 is 21.9 Å². The maximum Gasteiger partial charge on any atom is 0.357 e. The lowest BCUT2D eigenvalue weighted by Gasteiger charge is -2.03. The number of carbonyl (C=O) groups excluding carboxylic acids is 1. The van der Waals surface area contributed by atoms with Gasteiger partial charge in [0.1, 0.15) is 4.60 Å². The Morgan fingerprint density at radius 3 is 2.92 bits per heavy atom. The van der Waals surface area contributed by atoms with Gasteiger partial charge in [-0.2, -0.15) is 0 Å². The summed E-state index contributed by atoms with van der Waals surface area (Å²) in [6.45, 7) is 3.96. The Morgan fingerprint density at radius 1 is 1.62 bits per heavy atom. The summed E-state index contributed by atoms with van der Waals surface area (Å²) in [6.07, 6.45) is 0. The van der Waals surface area contributed by atoms with Crippen LogP contribution in [0.1, 0.15) is 23.0 Å². The largest absolute Gasteiger partial charge is 0.461 e. The van der Waals surface area contributed by atoms with Crippen LogP contribution in [0.5, 0.6) is 0 Å². The molecule has 1 heterocycles. The van der Waals surface area contributed by atoms with Gasteiger partial charge < -0.3 is 4.74 Å². The molecule has 1 aromatic rings. The van der Waals surface area contributed by atoms with Crippen LogP contribution in [0.25, 0.3) is 0 Å². The summed E-state index contributed by atoms with van der Waals surface area (Å²) in [5.74, 6) is -0.374. The van der Waals surface area contributed by atoms with Crippen LogP contribution in [0.3, 0.4) is 0 Å². The molecule has 0 aromatic carbocycles. The van der Waals surface area contributed by atoms with Gasteiger partial charge in [0.2, 0.25) is 0 Å². The molecule has 0 unspecified atom stereocenters. The Balaban J connectivity index is 2.99. The molecule has 3 nitrogen and oxygen atoms in total. The number of aromatic nitrogens is 1. The van der Waals surface area contributed by atoms with Crippen molar-refractivity contribution in [2.45, 2.75) is 13.8 Å². The molecule has 0 aliphatic carbocycles. The van der Waals surface area contributed by atoms with Crippen LogP contribution in [0.15, 0.2) is 16.7 Å². The van der Waals surface area contributed by atoms with Gasteiger partial charge in [-0.05, 0) is 41.4 Å². The second-order valence-corrected chi connectivity index (χ2v) is 3.33. The fourth-order valence-electron chi connectivity index (χ4n) is 0.911. The predicted molar refractivity (Wildman–Crippen MR) is 52.6 cm³/mol. The lowest BCUT2D eigenvalue weighted by Crippen LogP contribution is -2.09. The first-order valence-electron chi connectivity index (χ1n) is 3.95. The van der Waals surface area contributed by atoms with E-state index in [0.29, 0.717) is 16.9 Å². The summed E-state index contributed by atoms with van der Waals surface area (Å²) in [6, 6.07) is 3.61. The molecule has 0 radical (unpaired) electrons. The number of nitrogens with zero attached hydrogens (tertiary/aromatic N) is 1. The number of rotatable bonds is 2. The SMILES string of the molecule is CCOC(=O)c1nc(Br)ccc1C. The van der Waals surface area contributed by atoms with Crippen molar-refractivity contribution in [3.05, 3.63) is 28.0 Å². The monoisotopic (exact) mass is 243 g/mol. The maximum absolute atomic E-state index is 11.3. The molecule has 0 fully saturated rings. The van der Waals surface area contributed by atoms with Gasteiger partial charge in [-0.25, -0.2) is 9.78 Å². The first kappa shape index (κ1) is 10.2. The third-order valence-corrected chi connectivity index (χ3v) is 1.97. The van der Waals surface area contributed by atoms with Crippen molar-refractivity contribution in [2.75, 3.05) is 6.61 Å². The normalized spacial score (nSPS) is 9.77. The van der Waals surface area contributed by atoms with E-state index in [2.05, 4.69) is 20.9 Å². The van der Waals surface area contributed by atoms with E-state index < -0.39 is 0 Å². The lowest BCUT2D eigenvalue weighted by atomic mass is 10.2. The highest BCUT2D eigenvalue weighted by Gasteiger charge is 2.11. The Bertz CT molecular complexity index is 325. The topological polar surface area (TPSA) is 39.2 Å². The van der Waals surface area contributed by atoms with E-state index in [1.54, 1.807) is 13.0 Å². The van der Waals surface area contributed by atoms with E-state index in [1.165, 1.54) is 0 Å². The standard InChI is InChI=1S/C9H10BrNO2/c1-3-13-9(12)8-6(2)4-5-7(10)11-8/h4-5H,3H2,1-2H3. The van der Waals surface area contributed by atoms with E-state index in [9.17, 15) is 4.79 Å². The lowest BCUT2D eigenvalue weighted by molar-refractivity contribution is 0.0518. The zero-order valence-electron chi connectivity index (χ0n) is 7.50. The minimum absolute atomic E-state index is 0.368. The van der Waals surface area contributed by atoms with Crippen molar-refractivity contribution in [3.63, 3.8) is 0 Å². The van der Waals surface area contributed by atoms with Crippen molar-refractivity contribution < 1.29 is 9.53 Å². The summed E-state index contributed by atoms with van der Waals surface area (Å²) >= 11 is 3.20. The molecule has 0 aliphatic rings. The quantitative estimate of drug-likeness (QED) is 0.592. The molecule has 0 bridgehead atoms. The van der Waals surface area contributed by atoms with Gasteiger partial charge in [-0.15, -0.1) is 0 Å². The number of halogens is 1. The third-order valence-electron chi connectivity index (χ3n) is 1.53. The number of aryl methyl sites for hydroxylation is 1. The van der Waals surface area contributed by atoms with Crippen molar-refractivity contribution in [2.24, 2.45) is 0 Å². The first-order valence-corrected chi connectivity index (χ1v) is 4.74. The Hall–Kier alpha value is -0.900. The van der Waals surface area contributed by atoms with Crippen LogP contribution in [0.2, 0.25) is 0 Å². The number of hydrogen-bond donors (Lipinski definition) is 0.